The van der Waals surface area contributed by atoms with Crippen LogP contribution in [-0.4, -0.2) is 30.1 Å². The van der Waals surface area contributed by atoms with Crippen LogP contribution in [0.1, 0.15) is 13.3 Å². The minimum atomic E-state index is -3.84. The fourth-order valence-electron chi connectivity index (χ4n) is 1.57. The summed E-state index contributed by atoms with van der Waals surface area (Å²) in [6.45, 7) is 1.50. The van der Waals surface area contributed by atoms with Gasteiger partial charge in [0.25, 0.3) is 0 Å². The van der Waals surface area contributed by atoms with Crippen molar-refractivity contribution in [3.63, 3.8) is 0 Å². The van der Waals surface area contributed by atoms with Crippen LogP contribution in [0.5, 0.6) is 0 Å². The van der Waals surface area contributed by atoms with Crippen molar-refractivity contribution in [3.8, 4) is 0 Å². The van der Waals surface area contributed by atoms with Gasteiger partial charge < -0.3 is 10.4 Å². The third-order valence-corrected chi connectivity index (χ3v) is 6.53. The Hall–Kier alpha value is -1.10. The van der Waals surface area contributed by atoms with Crippen LogP contribution in [0.25, 0.3) is 0 Å². The van der Waals surface area contributed by atoms with Gasteiger partial charge in [-0.15, -0.1) is 11.3 Å². The summed E-state index contributed by atoms with van der Waals surface area (Å²) in [5.74, 6) is -1.57. The number of sulfonamides is 1. The molecule has 2 rings (SSSR count). The fraction of sp³-hybridized carbons (Fsp3) is 0.333. The van der Waals surface area contributed by atoms with E-state index in [9.17, 15) is 18.0 Å². The maximum Gasteiger partial charge on any atom is 0.305 e. The minimum Gasteiger partial charge on any atom is -0.481 e. The Balaban J connectivity index is 2.41. The van der Waals surface area contributed by atoms with Crippen molar-refractivity contribution >= 4 is 50.7 Å². The molecule has 1 aliphatic heterocycles. The average Bonchev–Trinajstić information content (AvgIpc) is 2.59. The van der Waals surface area contributed by atoms with Gasteiger partial charge in [-0.3, -0.25) is 9.59 Å². The smallest absolute Gasteiger partial charge is 0.305 e. The number of carbonyl (C=O) groups is 2. The summed E-state index contributed by atoms with van der Waals surface area (Å²) in [7, 11) is -3.84. The molecule has 0 saturated heterocycles. The molecule has 7 nitrogen and oxygen atoms in total. The number of aliphatic carboxylic acids is 1. The van der Waals surface area contributed by atoms with Gasteiger partial charge in [-0.05, 0) is 13.0 Å². The second-order valence-corrected chi connectivity index (χ2v) is 8.78. The summed E-state index contributed by atoms with van der Waals surface area (Å²) in [6.07, 6.45) is -0.356. The van der Waals surface area contributed by atoms with Gasteiger partial charge in [-0.1, -0.05) is 11.8 Å². The van der Waals surface area contributed by atoms with Gasteiger partial charge in [-0.25, -0.2) is 13.6 Å². The van der Waals surface area contributed by atoms with Crippen molar-refractivity contribution in [1.29, 1.82) is 0 Å². The van der Waals surface area contributed by atoms with E-state index in [4.69, 9.17) is 10.2 Å². The van der Waals surface area contributed by atoms with Gasteiger partial charge in [0.05, 0.1) is 16.3 Å². The summed E-state index contributed by atoms with van der Waals surface area (Å²) < 4.78 is 21.8. The number of carboxylic acid groups (broad SMARTS) is 1. The van der Waals surface area contributed by atoms with Crippen LogP contribution in [0.2, 0.25) is 0 Å². The van der Waals surface area contributed by atoms with E-state index in [-0.39, 0.29) is 10.6 Å². The van der Waals surface area contributed by atoms with E-state index >= 15 is 0 Å². The average molecular weight is 322 g/mol. The first-order valence-corrected chi connectivity index (χ1v) is 8.19. The number of anilines is 1. The van der Waals surface area contributed by atoms with E-state index in [1.807, 2.05) is 0 Å². The number of rotatable bonds is 3. The maximum absolute atomic E-state index is 11.9. The fourth-order valence-corrected chi connectivity index (χ4v) is 5.26. The first-order chi connectivity index (χ1) is 8.62. The zero-order chi connectivity index (χ0) is 14.4. The number of hydrogen-bond acceptors (Lipinski definition) is 6. The summed E-state index contributed by atoms with van der Waals surface area (Å²) in [6, 6.07) is 1.28. The number of carboxylic acids is 1. The minimum absolute atomic E-state index is 0.0649. The van der Waals surface area contributed by atoms with Crippen LogP contribution in [0.15, 0.2) is 14.5 Å². The lowest BCUT2D eigenvalue weighted by molar-refractivity contribution is -0.139. The highest BCUT2D eigenvalue weighted by atomic mass is 32.3. The molecule has 0 radical (unpaired) electrons. The topological polar surface area (TPSA) is 127 Å². The van der Waals surface area contributed by atoms with Crippen molar-refractivity contribution < 1.29 is 23.1 Å². The van der Waals surface area contributed by atoms with Gasteiger partial charge in [0.15, 0.2) is 0 Å². The number of carbonyl (C=O) groups excluding carboxylic acids is 1. The Kier molecular flexibility index (Phi) is 3.37. The van der Waals surface area contributed by atoms with E-state index in [1.54, 1.807) is 0 Å². The lowest BCUT2D eigenvalue weighted by atomic mass is 10.1. The SMILES string of the molecule is CC1(CC(=O)O)Sc2sc(S(N)(=O)=O)cc2NC1=O. The molecule has 0 aliphatic carbocycles. The normalized spacial score (nSPS) is 22.7. The molecule has 1 atom stereocenters. The lowest BCUT2D eigenvalue weighted by Crippen LogP contribution is -2.41. The van der Waals surface area contributed by atoms with Crippen LogP contribution >= 0.6 is 23.1 Å². The molecule has 0 fully saturated rings. The molecule has 0 bridgehead atoms. The second-order valence-electron chi connectivity index (χ2n) is 4.17. The number of thioether (sulfide) groups is 1. The molecule has 0 saturated carbocycles. The number of primary sulfonamides is 1. The standard InChI is InChI=1S/C9H10N2O5S3/c1-9(3-5(12)13)8(14)11-4-2-6(19(10,15)16)17-7(4)18-9/h2H,3H2,1H3,(H,11,14)(H,12,13)(H2,10,15,16). The predicted molar refractivity (Wildman–Crippen MR) is 70.8 cm³/mol. The molecule has 0 aromatic carbocycles. The van der Waals surface area contributed by atoms with Crippen molar-refractivity contribution in [3.05, 3.63) is 6.07 Å². The van der Waals surface area contributed by atoms with Crippen LogP contribution in [0.3, 0.4) is 0 Å². The second kappa shape index (κ2) is 4.47. The molecular formula is C9H10N2O5S3. The van der Waals surface area contributed by atoms with E-state index < -0.39 is 26.6 Å². The van der Waals surface area contributed by atoms with E-state index in [2.05, 4.69) is 5.32 Å². The molecule has 2 heterocycles. The highest BCUT2D eigenvalue weighted by Crippen LogP contribution is 2.49. The first-order valence-electron chi connectivity index (χ1n) is 5.01. The quantitative estimate of drug-likeness (QED) is 0.751. The van der Waals surface area contributed by atoms with Crippen molar-refractivity contribution in [2.75, 3.05) is 5.32 Å². The van der Waals surface area contributed by atoms with E-state index in [1.165, 1.54) is 13.0 Å². The Morgan fingerprint density at radius 3 is 2.74 bits per heavy atom. The highest BCUT2D eigenvalue weighted by molar-refractivity contribution is 8.03. The van der Waals surface area contributed by atoms with Crippen LogP contribution in [-0.2, 0) is 19.6 Å². The van der Waals surface area contributed by atoms with Gasteiger partial charge in [0, 0.05) is 0 Å². The third kappa shape index (κ3) is 2.76. The van der Waals surface area contributed by atoms with Crippen LogP contribution < -0.4 is 10.5 Å². The zero-order valence-electron chi connectivity index (χ0n) is 9.67. The van der Waals surface area contributed by atoms with Gasteiger partial charge in [-0.2, -0.15) is 0 Å². The number of hydrogen-bond donors (Lipinski definition) is 3. The van der Waals surface area contributed by atoms with Crippen molar-refractivity contribution in [2.45, 2.75) is 26.5 Å². The lowest BCUT2D eigenvalue weighted by Gasteiger charge is -2.29. The molecular weight excluding hydrogens is 312 g/mol. The predicted octanol–water partition coefficient (Wildman–Crippen LogP) is 0.673. The van der Waals surface area contributed by atoms with Crippen molar-refractivity contribution in [2.24, 2.45) is 5.14 Å². The monoisotopic (exact) mass is 322 g/mol. The van der Waals surface area contributed by atoms with E-state index in [0.29, 0.717) is 9.90 Å². The number of nitrogens with two attached hydrogens (primary N) is 1. The molecule has 4 N–H and O–H groups in total. The highest BCUT2D eigenvalue weighted by Gasteiger charge is 2.42. The summed E-state index contributed by atoms with van der Waals surface area (Å²) in [5.41, 5.74) is 0.354. The van der Waals surface area contributed by atoms with Gasteiger partial charge in [0.2, 0.25) is 15.9 Å². The summed E-state index contributed by atoms with van der Waals surface area (Å²) in [5, 5.41) is 16.4. The van der Waals surface area contributed by atoms with E-state index in [0.717, 1.165) is 23.1 Å². The Labute approximate surface area is 117 Å². The number of nitrogens with one attached hydrogen (secondary N) is 1. The Bertz CT molecular complexity index is 665. The van der Waals surface area contributed by atoms with Gasteiger partial charge >= 0.3 is 5.97 Å². The zero-order valence-corrected chi connectivity index (χ0v) is 12.1. The molecule has 1 aromatic heterocycles. The molecule has 10 heteroatoms. The number of fused-ring (bicyclic) bond motifs is 1. The van der Waals surface area contributed by atoms with Crippen molar-refractivity contribution in [1.82, 2.24) is 0 Å². The Morgan fingerprint density at radius 2 is 2.21 bits per heavy atom. The maximum atomic E-state index is 11.9. The largest absolute Gasteiger partial charge is 0.481 e. The molecule has 1 aromatic rings. The molecule has 1 unspecified atom stereocenters. The number of thiophene rings is 1. The van der Waals surface area contributed by atoms with Crippen LogP contribution in [0.4, 0.5) is 5.69 Å². The molecule has 0 spiro atoms. The van der Waals surface area contributed by atoms with Crippen LogP contribution in [0, 0.1) is 0 Å². The molecule has 1 aliphatic rings. The first kappa shape index (κ1) is 14.3. The molecule has 1 amide bonds. The summed E-state index contributed by atoms with van der Waals surface area (Å²) in [4.78, 5) is 22.7. The molecule has 19 heavy (non-hydrogen) atoms. The number of amides is 1. The van der Waals surface area contributed by atoms with Gasteiger partial charge in [0.1, 0.15) is 8.96 Å². The Morgan fingerprint density at radius 1 is 1.58 bits per heavy atom. The summed E-state index contributed by atoms with van der Waals surface area (Å²) >= 11 is 1.95. The molecule has 104 valence electrons. The third-order valence-electron chi connectivity index (χ3n) is 2.49.